The van der Waals surface area contributed by atoms with Crippen LogP contribution in [-0.2, 0) is 20.7 Å². The highest BCUT2D eigenvalue weighted by molar-refractivity contribution is 7.00. The molecule has 2 unspecified atom stereocenters. The summed E-state index contributed by atoms with van der Waals surface area (Å²) in [6.07, 6.45) is 11.9. The van der Waals surface area contributed by atoms with Crippen molar-refractivity contribution in [2.75, 3.05) is 62.4 Å². The second-order valence-electron chi connectivity index (χ2n) is 12.8. The third kappa shape index (κ3) is 6.34. The molecular weight excluding hydrogens is 601 g/mol. The number of hydrogen-bond acceptors (Lipinski definition) is 6. The Labute approximate surface area is 279 Å². The maximum atomic E-state index is 11.7. The van der Waals surface area contributed by atoms with Crippen LogP contribution in [0.15, 0.2) is 97.1 Å². The Hall–Kier alpha value is -4.34. The van der Waals surface area contributed by atoms with Gasteiger partial charge in [-0.2, -0.15) is 0 Å². The predicted molar refractivity (Wildman–Crippen MR) is 192 cm³/mol. The molecule has 2 aliphatic heterocycles. The molecule has 4 aromatic rings. The van der Waals surface area contributed by atoms with Gasteiger partial charge >= 0.3 is 0 Å². The summed E-state index contributed by atoms with van der Waals surface area (Å²) in [6.45, 7) is 10.8. The zero-order chi connectivity index (χ0) is 33.1. The number of nitrogens with zero attached hydrogens (tertiary/aromatic N) is 2. The highest BCUT2D eigenvalue weighted by atomic mass is 28.3. The summed E-state index contributed by atoms with van der Waals surface area (Å²) in [5.74, 6) is 5.29. The Kier molecular flexibility index (Phi) is 9.30. The van der Waals surface area contributed by atoms with Gasteiger partial charge in [0.2, 0.25) is 0 Å². The van der Waals surface area contributed by atoms with Crippen molar-refractivity contribution in [1.82, 2.24) is 0 Å². The van der Waals surface area contributed by atoms with Crippen molar-refractivity contribution in [3.8, 4) is 24.7 Å². The second kappa shape index (κ2) is 13.4. The Morgan fingerprint density at radius 1 is 0.532 bits per heavy atom. The zero-order valence-electron chi connectivity index (χ0n) is 27.2. The minimum Gasteiger partial charge on any atom is -0.378 e. The molecule has 2 aliphatic rings. The largest absolute Gasteiger partial charge is 0.378 e. The minimum absolute atomic E-state index is 0.654. The number of rotatable bonds is 8. The number of anilines is 2. The molecule has 6 rings (SSSR count). The normalized spacial score (nSPS) is 18.0. The molecule has 47 heavy (non-hydrogen) atoms. The predicted octanol–water partition coefficient (Wildman–Crippen LogP) is 3.92. The number of morpholine rings is 2. The molecule has 0 spiro atoms. The van der Waals surface area contributed by atoms with Crippen molar-refractivity contribution in [2.24, 2.45) is 0 Å². The fraction of sp³-hybridized carbons (Fsp3) is 0.300. The van der Waals surface area contributed by atoms with Crippen LogP contribution in [0.3, 0.4) is 0 Å². The molecule has 0 aromatic heterocycles. The van der Waals surface area contributed by atoms with Gasteiger partial charge in [0.15, 0.2) is 11.2 Å². The minimum atomic E-state index is -2.15. The molecule has 4 aromatic carbocycles. The molecule has 0 bridgehead atoms. The van der Waals surface area contributed by atoms with Crippen molar-refractivity contribution < 1.29 is 19.7 Å². The Bertz CT molecular complexity index is 1620. The van der Waals surface area contributed by atoms with Gasteiger partial charge in [-0.1, -0.05) is 108 Å². The average Bonchev–Trinajstić information content (AvgIpc) is 3.15. The highest BCUT2D eigenvalue weighted by Gasteiger charge is 2.33. The molecule has 2 heterocycles. The van der Waals surface area contributed by atoms with Crippen LogP contribution in [0.4, 0.5) is 11.4 Å². The molecule has 0 saturated carbocycles. The first-order valence-electron chi connectivity index (χ1n) is 16.2. The lowest BCUT2D eigenvalue weighted by atomic mass is 9.87. The first kappa shape index (κ1) is 32.6. The van der Waals surface area contributed by atoms with E-state index in [-0.39, 0.29) is 0 Å². The summed E-state index contributed by atoms with van der Waals surface area (Å²) in [7, 11) is -2.15. The molecule has 0 radical (unpaired) electrons. The lowest BCUT2D eigenvalue weighted by molar-refractivity contribution is 0.122. The van der Waals surface area contributed by atoms with E-state index in [4.69, 9.17) is 22.3 Å². The summed E-state index contributed by atoms with van der Waals surface area (Å²) < 4.78 is 10.9. The molecule has 7 heteroatoms. The number of benzene rings is 4. The molecule has 0 aliphatic carbocycles. The number of hydrogen-bond donors (Lipinski definition) is 2. The van der Waals surface area contributed by atoms with Crippen LogP contribution in [0.25, 0.3) is 0 Å². The van der Waals surface area contributed by atoms with Gasteiger partial charge in [-0.25, -0.2) is 0 Å². The molecule has 2 fully saturated rings. The molecule has 0 amide bonds. The summed E-state index contributed by atoms with van der Waals surface area (Å²) in [4.78, 5) is 4.54. The fourth-order valence-corrected chi connectivity index (χ4v) is 8.89. The van der Waals surface area contributed by atoms with Crippen molar-refractivity contribution in [3.63, 3.8) is 0 Å². The highest BCUT2D eigenvalue weighted by Crippen LogP contribution is 2.32. The van der Waals surface area contributed by atoms with Crippen LogP contribution in [0.1, 0.15) is 22.3 Å². The van der Waals surface area contributed by atoms with Crippen LogP contribution < -0.4 is 20.2 Å². The standard InChI is InChI=1S/C40H42N2O4Si/c1-5-39(43,31-7-15-35(16-8-31)41-23-27-45-28-24-41)33-11-19-37(20-12-33)47(3,4)38-21-13-34(14-22-38)40(44,6-2)32-9-17-36(18-10-32)42-25-29-46-30-26-42/h1-2,7-22,43-44H,23-30H2,3-4H3. The third-order valence-corrected chi connectivity index (χ3v) is 13.3. The van der Waals surface area contributed by atoms with Gasteiger partial charge < -0.3 is 29.5 Å². The quantitative estimate of drug-likeness (QED) is 0.225. The van der Waals surface area contributed by atoms with E-state index in [1.54, 1.807) is 0 Å². The number of ether oxygens (including phenoxy) is 2. The average molecular weight is 643 g/mol. The molecule has 2 N–H and O–H groups in total. The van der Waals surface area contributed by atoms with E-state index in [2.05, 4.69) is 59.0 Å². The van der Waals surface area contributed by atoms with Crippen LogP contribution in [-0.4, -0.2) is 70.9 Å². The van der Waals surface area contributed by atoms with E-state index in [1.807, 2.05) is 72.8 Å². The second-order valence-corrected chi connectivity index (χ2v) is 17.2. The Morgan fingerprint density at radius 2 is 0.809 bits per heavy atom. The van der Waals surface area contributed by atoms with Gasteiger partial charge in [0.1, 0.15) is 8.07 Å². The van der Waals surface area contributed by atoms with E-state index in [0.29, 0.717) is 48.7 Å². The fourth-order valence-electron chi connectivity index (χ4n) is 6.56. The van der Waals surface area contributed by atoms with Crippen LogP contribution in [0, 0.1) is 24.7 Å². The molecule has 2 atom stereocenters. The number of terminal acetylenes is 2. The lowest BCUT2D eigenvalue weighted by Crippen LogP contribution is -2.53. The van der Waals surface area contributed by atoms with Gasteiger partial charge in [-0.3, -0.25) is 0 Å². The van der Waals surface area contributed by atoms with Gasteiger partial charge in [0.05, 0.1) is 26.4 Å². The summed E-state index contributed by atoms with van der Waals surface area (Å²) >= 11 is 0. The summed E-state index contributed by atoms with van der Waals surface area (Å²) in [5.41, 5.74) is 1.72. The van der Waals surface area contributed by atoms with E-state index in [1.165, 1.54) is 10.4 Å². The SMILES string of the molecule is C#CC(O)(c1ccc(N2CCOCC2)cc1)c1ccc([Si](C)(C)c2ccc(C(O)(C#C)c3ccc(N4CCOCC4)cc3)cc2)cc1. The van der Waals surface area contributed by atoms with Gasteiger partial charge in [0.25, 0.3) is 0 Å². The maximum Gasteiger partial charge on any atom is 0.176 e. The van der Waals surface area contributed by atoms with Crippen molar-refractivity contribution >= 4 is 29.8 Å². The third-order valence-electron chi connectivity index (χ3n) is 9.79. The number of aliphatic hydroxyl groups is 2. The van der Waals surface area contributed by atoms with Crippen molar-refractivity contribution in [2.45, 2.75) is 24.3 Å². The first-order chi connectivity index (χ1) is 22.7. The zero-order valence-corrected chi connectivity index (χ0v) is 28.2. The van der Waals surface area contributed by atoms with Crippen LogP contribution in [0.5, 0.6) is 0 Å². The molecule has 2 saturated heterocycles. The van der Waals surface area contributed by atoms with E-state index in [9.17, 15) is 10.2 Å². The Morgan fingerprint density at radius 3 is 1.09 bits per heavy atom. The van der Waals surface area contributed by atoms with Crippen LogP contribution >= 0.6 is 0 Å². The summed E-state index contributed by atoms with van der Waals surface area (Å²) in [6, 6.07) is 31.8. The van der Waals surface area contributed by atoms with Gasteiger partial charge in [-0.15, -0.1) is 12.8 Å². The van der Waals surface area contributed by atoms with E-state index >= 15 is 0 Å². The Balaban J connectivity index is 1.19. The van der Waals surface area contributed by atoms with Gasteiger partial charge in [-0.05, 0) is 24.3 Å². The molecule has 240 valence electrons. The summed E-state index contributed by atoms with van der Waals surface area (Å²) in [5, 5.41) is 25.7. The molecule has 6 nitrogen and oxygen atoms in total. The van der Waals surface area contributed by atoms with E-state index in [0.717, 1.165) is 37.6 Å². The van der Waals surface area contributed by atoms with Crippen molar-refractivity contribution in [3.05, 3.63) is 119 Å². The topological polar surface area (TPSA) is 65.4 Å². The first-order valence-corrected chi connectivity index (χ1v) is 19.2. The van der Waals surface area contributed by atoms with Gasteiger partial charge in [0, 0.05) is 59.8 Å². The van der Waals surface area contributed by atoms with E-state index < -0.39 is 19.3 Å². The lowest BCUT2D eigenvalue weighted by Gasteiger charge is -2.30. The molecular formula is C40H42N2O4Si. The van der Waals surface area contributed by atoms with Crippen LogP contribution in [0.2, 0.25) is 13.1 Å². The van der Waals surface area contributed by atoms with Crippen molar-refractivity contribution in [1.29, 1.82) is 0 Å². The monoisotopic (exact) mass is 642 g/mol. The maximum absolute atomic E-state index is 11.7. The smallest absolute Gasteiger partial charge is 0.176 e.